The highest BCUT2D eigenvalue weighted by Crippen LogP contribution is 2.40. The zero-order valence-electron chi connectivity index (χ0n) is 11.1. The third kappa shape index (κ3) is 3.76. The Morgan fingerprint density at radius 3 is 2.50 bits per heavy atom. The topological polar surface area (TPSA) is 41.1 Å². The van der Waals surface area contributed by atoms with Gasteiger partial charge in [-0.2, -0.15) is 0 Å². The van der Waals surface area contributed by atoms with Crippen molar-refractivity contribution in [3.8, 4) is 0 Å². The van der Waals surface area contributed by atoms with Crippen molar-refractivity contribution in [3.05, 3.63) is 35.9 Å². The van der Waals surface area contributed by atoms with Crippen LogP contribution in [0.15, 0.2) is 30.3 Å². The Balaban J connectivity index is 1.93. The van der Waals surface area contributed by atoms with Gasteiger partial charge in [0.25, 0.3) is 0 Å². The molecule has 1 aliphatic rings. The second-order valence-corrected chi connectivity index (χ2v) is 5.47. The van der Waals surface area contributed by atoms with E-state index in [0.29, 0.717) is 11.8 Å². The molecule has 3 heteroatoms. The van der Waals surface area contributed by atoms with Gasteiger partial charge in [0, 0.05) is 6.54 Å². The molecular weight excluding hydrogens is 224 g/mol. The van der Waals surface area contributed by atoms with Crippen molar-refractivity contribution < 1.29 is 4.79 Å². The SMILES string of the molecule is CC(C)CNC(=O)NC(c1ccccc1)C1CC1. The number of urea groups is 1. The van der Waals surface area contributed by atoms with Gasteiger partial charge in [0.05, 0.1) is 6.04 Å². The van der Waals surface area contributed by atoms with Crippen LogP contribution in [0.5, 0.6) is 0 Å². The standard InChI is InChI=1S/C15H22N2O/c1-11(2)10-16-15(18)17-14(13-8-9-13)12-6-4-3-5-7-12/h3-7,11,13-14H,8-10H2,1-2H3,(H2,16,17,18). The largest absolute Gasteiger partial charge is 0.338 e. The van der Waals surface area contributed by atoms with Crippen LogP contribution < -0.4 is 10.6 Å². The summed E-state index contributed by atoms with van der Waals surface area (Å²) in [6, 6.07) is 10.4. The predicted octanol–water partition coefficient (Wildman–Crippen LogP) is 3.09. The van der Waals surface area contributed by atoms with Crippen LogP contribution in [-0.2, 0) is 0 Å². The molecule has 0 bridgehead atoms. The lowest BCUT2D eigenvalue weighted by atomic mass is 10.0. The Labute approximate surface area is 109 Å². The van der Waals surface area contributed by atoms with E-state index in [1.165, 1.54) is 18.4 Å². The smallest absolute Gasteiger partial charge is 0.315 e. The number of hydrogen-bond acceptors (Lipinski definition) is 1. The molecule has 1 saturated carbocycles. The van der Waals surface area contributed by atoms with Crippen molar-refractivity contribution in [1.29, 1.82) is 0 Å². The Morgan fingerprint density at radius 2 is 1.94 bits per heavy atom. The van der Waals surface area contributed by atoms with E-state index in [1.807, 2.05) is 18.2 Å². The molecule has 2 rings (SSSR count). The van der Waals surface area contributed by atoms with Crippen molar-refractivity contribution in [2.75, 3.05) is 6.54 Å². The fourth-order valence-electron chi connectivity index (χ4n) is 2.05. The molecular formula is C15H22N2O. The lowest BCUT2D eigenvalue weighted by Crippen LogP contribution is -2.40. The van der Waals surface area contributed by atoms with E-state index in [2.05, 4.69) is 36.6 Å². The van der Waals surface area contributed by atoms with Crippen molar-refractivity contribution in [2.45, 2.75) is 32.7 Å². The van der Waals surface area contributed by atoms with E-state index in [9.17, 15) is 4.79 Å². The number of carbonyl (C=O) groups is 1. The van der Waals surface area contributed by atoms with Crippen LogP contribution in [0.3, 0.4) is 0 Å². The maximum absolute atomic E-state index is 11.8. The number of benzene rings is 1. The van der Waals surface area contributed by atoms with Gasteiger partial charge in [0.1, 0.15) is 0 Å². The van der Waals surface area contributed by atoms with Crippen molar-refractivity contribution in [3.63, 3.8) is 0 Å². The Morgan fingerprint density at radius 1 is 1.28 bits per heavy atom. The van der Waals surface area contributed by atoms with Crippen molar-refractivity contribution in [1.82, 2.24) is 10.6 Å². The van der Waals surface area contributed by atoms with E-state index in [1.54, 1.807) is 0 Å². The minimum absolute atomic E-state index is 0.0514. The fraction of sp³-hybridized carbons (Fsp3) is 0.533. The Bertz CT molecular complexity index is 385. The lowest BCUT2D eigenvalue weighted by molar-refractivity contribution is 0.234. The van der Waals surface area contributed by atoms with Crippen LogP contribution in [0, 0.1) is 11.8 Å². The van der Waals surface area contributed by atoms with Gasteiger partial charge in [0.2, 0.25) is 0 Å². The molecule has 18 heavy (non-hydrogen) atoms. The highest BCUT2D eigenvalue weighted by atomic mass is 16.2. The zero-order chi connectivity index (χ0) is 13.0. The molecule has 0 spiro atoms. The molecule has 0 aromatic heterocycles. The molecule has 2 N–H and O–H groups in total. The third-order valence-electron chi connectivity index (χ3n) is 3.21. The first-order chi connectivity index (χ1) is 8.66. The summed E-state index contributed by atoms with van der Waals surface area (Å²) in [6.07, 6.45) is 2.42. The molecule has 1 aromatic carbocycles. The summed E-state index contributed by atoms with van der Waals surface area (Å²) >= 11 is 0. The number of hydrogen-bond donors (Lipinski definition) is 2. The molecule has 1 atom stereocenters. The highest BCUT2D eigenvalue weighted by molar-refractivity contribution is 5.74. The Kier molecular flexibility index (Phi) is 4.24. The van der Waals surface area contributed by atoms with E-state index in [-0.39, 0.29) is 12.1 Å². The van der Waals surface area contributed by atoms with E-state index in [0.717, 1.165) is 6.54 Å². The molecule has 0 saturated heterocycles. The molecule has 98 valence electrons. The first kappa shape index (κ1) is 12.9. The minimum Gasteiger partial charge on any atom is -0.338 e. The van der Waals surface area contributed by atoms with Crippen LogP contribution in [0.4, 0.5) is 4.79 Å². The van der Waals surface area contributed by atoms with Crippen molar-refractivity contribution >= 4 is 6.03 Å². The summed E-state index contributed by atoms with van der Waals surface area (Å²) in [5.74, 6) is 1.09. The molecule has 2 amide bonds. The van der Waals surface area contributed by atoms with E-state index < -0.39 is 0 Å². The molecule has 3 nitrogen and oxygen atoms in total. The van der Waals surface area contributed by atoms with E-state index >= 15 is 0 Å². The van der Waals surface area contributed by atoms with Crippen LogP contribution in [0.2, 0.25) is 0 Å². The van der Waals surface area contributed by atoms with Crippen LogP contribution in [0.25, 0.3) is 0 Å². The van der Waals surface area contributed by atoms with Gasteiger partial charge in [-0.1, -0.05) is 44.2 Å². The summed E-state index contributed by atoms with van der Waals surface area (Å²) in [6.45, 7) is 4.91. The number of nitrogens with one attached hydrogen (secondary N) is 2. The second kappa shape index (κ2) is 5.89. The average molecular weight is 246 g/mol. The fourth-order valence-corrected chi connectivity index (χ4v) is 2.05. The van der Waals surface area contributed by atoms with Crippen LogP contribution in [-0.4, -0.2) is 12.6 Å². The molecule has 0 radical (unpaired) electrons. The summed E-state index contributed by atoms with van der Waals surface area (Å²) in [4.78, 5) is 11.8. The molecule has 0 aliphatic heterocycles. The number of amides is 2. The highest BCUT2D eigenvalue weighted by Gasteiger charge is 2.33. The van der Waals surface area contributed by atoms with Crippen molar-refractivity contribution in [2.24, 2.45) is 11.8 Å². The van der Waals surface area contributed by atoms with Gasteiger partial charge in [-0.15, -0.1) is 0 Å². The number of rotatable bonds is 5. The maximum atomic E-state index is 11.8. The molecule has 1 aromatic rings. The van der Waals surface area contributed by atoms with Gasteiger partial charge in [-0.25, -0.2) is 4.79 Å². The van der Waals surface area contributed by atoms with Gasteiger partial charge in [-0.3, -0.25) is 0 Å². The first-order valence-electron chi connectivity index (χ1n) is 6.76. The lowest BCUT2D eigenvalue weighted by Gasteiger charge is -2.19. The third-order valence-corrected chi connectivity index (χ3v) is 3.21. The molecule has 1 aliphatic carbocycles. The van der Waals surface area contributed by atoms with E-state index in [4.69, 9.17) is 0 Å². The summed E-state index contributed by atoms with van der Waals surface area (Å²) in [5, 5.41) is 6.02. The normalized spacial score (nSPS) is 16.4. The average Bonchev–Trinajstić information content (AvgIpc) is 3.19. The number of carbonyl (C=O) groups excluding carboxylic acids is 1. The molecule has 0 heterocycles. The zero-order valence-corrected chi connectivity index (χ0v) is 11.1. The monoisotopic (exact) mass is 246 g/mol. The minimum atomic E-state index is -0.0514. The van der Waals surface area contributed by atoms with Gasteiger partial charge >= 0.3 is 6.03 Å². The quantitative estimate of drug-likeness (QED) is 0.823. The summed E-state index contributed by atoms with van der Waals surface area (Å²) < 4.78 is 0. The summed E-state index contributed by atoms with van der Waals surface area (Å²) in [5.41, 5.74) is 1.21. The predicted molar refractivity (Wildman–Crippen MR) is 73.3 cm³/mol. The first-order valence-corrected chi connectivity index (χ1v) is 6.76. The van der Waals surface area contributed by atoms with Crippen LogP contribution in [0.1, 0.15) is 38.3 Å². The van der Waals surface area contributed by atoms with Gasteiger partial charge in [-0.05, 0) is 30.2 Å². The Hall–Kier alpha value is -1.51. The maximum Gasteiger partial charge on any atom is 0.315 e. The summed E-state index contributed by atoms with van der Waals surface area (Å²) in [7, 11) is 0. The molecule has 1 unspecified atom stereocenters. The second-order valence-electron chi connectivity index (χ2n) is 5.47. The van der Waals surface area contributed by atoms with Gasteiger partial charge in [0.15, 0.2) is 0 Å². The van der Waals surface area contributed by atoms with Gasteiger partial charge < -0.3 is 10.6 Å². The van der Waals surface area contributed by atoms with Crippen LogP contribution >= 0.6 is 0 Å². The molecule has 1 fully saturated rings.